The number of amides is 1. The molecule has 1 aromatic heterocycles. The van der Waals surface area contributed by atoms with Crippen LogP contribution in [0.3, 0.4) is 0 Å². The zero-order valence-corrected chi connectivity index (χ0v) is 11.6. The van der Waals surface area contributed by atoms with Crippen LogP contribution in [0.2, 0.25) is 5.02 Å². The molecule has 1 aromatic carbocycles. The van der Waals surface area contributed by atoms with E-state index in [1.54, 1.807) is 6.07 Å². The number of nitrogens with two attached hydrogens (primary N) is 1. The third kappa shape index (κ3) is 2.62. The first-order valence-corrected chi connectivity index (χ1v) is 5.96. The van der Waals surface area contributed by atoms with Gasteiger partial charge in [-0.15, -0.1) is 0 Å². The van der Waals surface area contributed by atoms with E-state index in [1.807, 2.05) is 0 Å². The van der Waals surface area contributed by atoms with E-state index >= 15 is 0 Å². The number of benzene rings is 1. The van der Waals surface area contributed by atoms with Crippen molar-refractivity contribution in [3.63, 3.8) is 0 Å². The third-order valence-corrected chi connectivity index (χ3v) is 2.91. The molecule has 0 aliphatic rings. The Morgan fingerprint density at radius 1 is 1.35 bits per heavy atom. The summed E-state index contributed by atoms with van der Waals surface area (Å²) in [5.74, 6) is 0.416. The lowest BCUT2D eigenvalue weighted by Crippen LogP contribution is -2.15. The average Bonchev–Trinajstić information content (AvgIpc) is 2.85. The maximum atomic E-state index is 12.0. The summed E-state index contributed by atoms with van der Waals surface area (Å²) in [6.45, 7) is 0. The first kappa shape index (κ1) is 14.0. The molecule has 0 radical (unpaired) electrons. The van der Waals surface area contributed by atoms with E-state index < -0.39 is 5.91 Å². The van der Waals surface area contributed by atoms with Crippen LogP contribution in [0, 0.1) is 0 Å². The van der Waals surface area contributed by atoms with Gasteiger partial charge in [0.05, 0.1) is 36.8 Å². The Hall–Kier alpha value is -2.41. The lowest BCUT2D eigenvalue weighted by atomic mass is 10.2. The number of anilines is 2. The van der Waals surface area contributed by atoms with Crippen LogP contribution in [0.15, 0.2) is 18.3 Å². The van der Waals surface area contributed by atoms with Crippen molar-refractivity contribution in [2.45, 2.75) is 0 Å². The lowest BCUT2D eigenvalue weighted by molar-refractivity contribution is 0.102. The summed E-state index contributed by atoms with van der Waals surface area (Å²) in [4.78, 5) is 12.0. The molecule has 8 heteroatoms. The molecule has 0 aliphatic heterocycles. The van der Waals surface area contributed by atoms with Crippen molar-refractivity contribution in [3.05, 3.63) is 29.0 Å². The average molecular weight is 297 g/mol. The van der Waals surface area contributed by atoms with Crippen LogP contribution in [0.5, 0.6) is 11.5 Å². The van der Waals surface area contributed by atoms with Crippen molar-refractivity contribution in [1.29, 1.82) is 0 Å². The topological polar surface area (TPSA) is 102 Å². The van der Waals surface area contributed by atoms with Crippen LogP contribution in [0.4, 0.5) is 11.4 Å². The smallest absolute Gasteiger partial charge is 0.275 e. The van der Waals surface area contributed by atoms with Gasteiger partial charge in [-0.25, -0.2) is 0 Å². The molecule has 0 saturated carbocycles. The highest BCUT2D eigenvalue weighted by Gasteiger charge is 2.16. The van der Waals surface area contributed by atoms with Gasteiger partial charge in [0.2, 0.25) is 0 Å². The van der Waals surface area contributed by atoms with Gasteiger partial charge in [-0.1, -0.05) is 11.6 Å². The minimum absolute atomic E-state index is 0.166. The first-order valence-electron chi connectivity index (χ1n) is 5.58. The highest BCUT2D eigenvalue weighted by atomic mass is 35.5. The van der Waals surface area contributed by atoms with Crippen molar-refractivity contribution in [1.82, 2.24) is 10.2 Å². The second-order valence-electron chi connectivity index (χ2n) is 3.84. The number of carbonyl (C=O) groups is 1. The zero-order valence-electron chi connectivity index (χ0n) is 10.9. The summed E-state index contributed by atoms with van der Waals surface area (Å²) < 4.78 is 10.3. The van der Waals surface area contributed by atoms with Crippen LogP contribution in [0.25, 0.3) is 0 Å². The highest BCUT2D eigenvalue weighted by molar-refractivity contribution is 6.32. The van der Waals surface area contributed by atoms with E-state index in [4.69, 9.17) is 26.8 Å². The molecule has 0 aliphatic carbocycles. The summed E-state index contributed by atoms with van der Waals surface area (Å²) in [5.41, 5.74) is 6.43. The van der Waals surface area contributed by atoms with E-state index in [-0.39, 0.29) is 11.4 Å². The number of nitrogen functional groups attached to an aromatic ring is 1. The van der Waals surface area contributed by atoms with Gasteiger partial charge in [0, 0.05) is 6.07 Å². The van der Waals surface area contributed by atoms with E-state index in [1.165, 1.54) is 26.5 Å². The Morgan fingerprint density at radius 3 is 2.60 bits per heavy atom. The SMILES string of the molecule is COc1cc(OC)c(NC(=O)c2[nH]ncc2N)cc1Cl. The number of H-pyrrole nitrogens is 1. The van der Waals surface area contributed by atoms with Gasteiger partial charge in [-0.2, -0.15) is 5.10 Å². The monoisotopic (exact) mass is 296 g/mol. The number of methoxy groups -OCH3 is 2. The quantitative estimate of drug-likeness (QED) is 0.800. The third-order valence-electron chi connectivity index (χ3n) is 2.62. The number of halogens is 1. The fourth-order valence-corrected chi connectivity index (χ4v) is 1.86. The number of nitrogens with one attached hydrogen (secondary N) is 2. The Bertz CT molecular complexity index is 642. The molecule has 0 atom stereocenters. The summed E-state index contributed by atoms with van der Waals surface area (Å²) in [6.07, 6.45) is 1.35. The molecule has 0 unspecified atom stereocenters. The molecule has 0 fully saturated rings. The predicted molar refractivity (Wildman–Crippen MR) is 75.5 cm³/mol. The summed E-state index contributed by atoms with van der Waals surface area (Å²) in [5, 5.41) is 9.19. The highest BCUT2D eigenvalue weighted by Crippen LogP contribution is 2.36. The van der Waals surface area contributed by atoms with Gasteiger partial charge in [-0.3, -0.25) is 9.89 Å². The molecule has 4 N–H and O–H groups in total. The number of aromatic nitrogens is 2. The second kappa shape index (κ2) is 5.70. The van der Waals surface area contributed by atoms with Gasteiger partial charge in [0.15, 0.2) is 0 Å². The molecule has 1 heterocycles. The first-order chi connectivity index (χ1) is 9.56. The van der Waals surface area contributed by atoms with Crippen molar-refractivity contribution in [3.8, 4) is 11.5 Å². The zero-order chi connectivity index (χ0) is 14.7. The molecule has 1 amide bonds. The van der Waals surface area contributed by atoms with E-state index in [0.29, 0.717) is 22.2 Å². The maximum absolute atomic E-state index is 12.0. The second-order valence-corrected chi connectivity index (χ2v) is 4.25. The number of hydrogen-bond acceptors (Lipinski definition) is 5. The molecule has 7 nitrogen and oxygen atoms in total. The normalized spacial score (nSPS) is 10.2. The van der Waals surface area contributed by atoms with Crippen LogP contribution < -0.4 is 20.5 Å². The van der Waals surface area contributed by atoms with E-state index in [9.17, 15) is 4.79 Å². The minimum atomic E-state index is -0.445. The molecule has 0 saturated heterocycles. The number of rotatable bonds is 4. The summed E-state index contributed by atoms with van der Waals surface area (Å²) >= 11 is 6.02. The lowest BCUT2D eigenvalue weighted by Gasteiger charge is -2.12. The van der Waals surface area contributed by atoms with Gasteiger partial charge >= 0.3 is 0 Å². The standard InChI is InChI=1S/C12H13ClN4O3/c1-19-9-4-10(20-2)8(3-6(9)13)16-12(18)11-7(14)5-15-17-11/h3-5H,14H2,1-2H3,(H,15,17)(H,16,18). The number of carbonyl (C=O) groups excluding carboxylic acids is 1. The largest absolute Gasteiger partial charge is 0.495 e. The molecular formula is C12H13ClN4O3. The van der Waals surface area contributed by atoms with Gasteiger partial charge < -0.3 is 20.5 Å². The van der Waals surface area contributed by atoms with Crippen molar-refractivity contribution >= 4 is 28.9 Å². The van der Waals surface area contributed by atoms with Gasteiger partial charge in [0.25, 0.3) is 5.91 Å². The molecular weight excluding hydrogens is 284 g/mol. The summed E-state index contributed by atoms with van der Waals surface area (Å²) in [7, 11) is 2.97. The maximum Gasteiger partial charge on any atom is 0.275 e. The minimum Gasteiger partial charge on any atom is -0.495 e. The Morgan fingerprint density at radius 2 is 2.05 bits per heavy atom. The Kier molecular flexibility index (Phi) is 3.99. The number of nitrogens with zero attached hydrogens (tertiary/aromatic N) is 1. The number of ether oxygens (including phenoxy) is 2. The van der Waals surface area contributed by atoms with Crippen molar-refractivity contribution < 1.29 is 14.3 Å². The van der Waals surface area contributed by atoms with E-state index in [0.717, 1.165) is 0 Å². The molecule has 106 valence electrons. The molecule has 20 heavy (non-hydrogen) atoms. The fourth-order valence-electron chi connectivity index (χ4n) is 1.62. The van der Waals surface area contributed by atoms with Gasteiger partial charge in [-0.05, 0) is 6.07 Å². The van der Waals surface area contributed by atoms with Gasteiger partial charge in [0.1, 0.15) is 17.2 Å². The van der Waals surface area contributed by atoms with Crippen molar-refractivity contribution in [2.24, 2.45) is 0 Å². The molecule has 2 aromatic rings. The van der Waals surface area contributed by atoms with Crippen LogP contribution >= 0.6 is 11.6 Å². The molecule has 0 spiro atoms. The Balaban J connectivity index is 2.31. The van der Waals surface area contributed by atoms with Crippen LogP contribution in [0.1, 0.15) is 10.5 Å². The molecule has 0 bridgehead atoms. The van der Waals surface area contributed by atoms with Crippen LogP contribution in [-0.4, -0.2) is 30.3 Å². The summed E-state index contributed by atoms with van der Waals surface area (Å²) in [6, 6.07) is 3.11. The number of hydrogen-bond donors (Lipinski definition) is 3. The van der Waals surface area contributed by atoms with Crippen LogP contribution in [-0.2, 0) is 0 Å². The predicted octanol–water partition coefficient (Wildman–Crippen LogP) is 1.91. The number of aromatic amines is 1. The van der Waals surface area contributed by atoms with E-state index in [2.05, 4.69) is 15.5 Å². The van der Waals surface area contributed by atoms with Crippen molar-refractivity contribution in [2.75, 3.05) is 25.3 Å². The molecule has 2 rings (SSSR count). The Labute approximate surface area is 120 Å². The fraction of sp³-hybridized carbons (Fsp3) is 0.167.